The molecule has 7 aliphatic carbocycles. The minimum Gasteiger partial charge on any atom is -0.303 e. The lowest BCUT2D eigenvalue weighted by molar-refractivity contribution is -0.0202. The summed E-state index contributed by atoms with van der Waals surface area (Å²) in [6, 6.07) is 0.761. The Hall–Kier alpha value is -0.0800. The zero-order valence-corrected chi connectivity index (χ0v) is 45.4. The standard InChI is InChI=1S/C62H112N2/c1-59(2,3)54-22-14-41(15-23-54)45-30-46(42-16-24-55(25-17-42)60(4,5)6)33-49(32-45)51-36-52(38-53(37-51)58-39-63-40-64(58)13)50-34-47(43-18-26-56(27-19-43)61(7,8)9)31-48(35-50)44-20-28-57(29-21-44)62(10,11)12/h41-58,63H,14-40H2,1-13H3. The number of likely N-dealkylation sites (N-methyl/N-ethyl adjacent to an activating group) is 1. The smallest absolute Gasteiger partial charge is 0.0481 e. The molecular formula is C62H112N2. The summed E-state index contributed by atoms with van der Waals surface area (Å²) in [6.45, 7) is 32.8. The molecule has 0 aromatic rings. The van der Waals surface area contributed by atoms with Gasteiger partial charge in [-0.25, -0.2) is 0 Å². The van der Waals surface area contributed by atoms with E-state index in [4.69, 9.17) is 0 Å². The molecule has 1 saturated heterocycles. The minimum absolute atomic E-state index is 0.484. The van der Waals surface area contributed by atoms with Gasteiger partial charge in [-0.15, -0.1) is 0 Å². The fourth-order valence-corrected chi connectivity index (χ4v) is 18.8. The molecule has 7 unspecified atom stereocenters. The van der Waals surface area contributed by atoms with Gasteiger partial charge in [0.2, 0.25) is 0 Å². The fourth-order valence-electron chi connectivity index (χ4n) is 18.8. The molecule has 7 saturated carbocycles. The van der Waals surface area contributed by atoms with Crippen LogP contribution in [0.25, 0.3) is 0 Å². The van der Waals surface area contributed by atoms with E-state index in [0.29, 0.717) is 21.7 Å². The average molecular weight is 886 g/mol. The number of rotatable bonds is 7. The van der Waals surface area contributed by atoms with E-state index in [9.17, 15) is 0 Å². The second-order valence-electron chi connectivity index (χ2n) is 30.8. The highest BCUT2D eigenvalue weighted by Gasteiger charge is 2.49. The van der Waals surface area contributed by atoms with Gasteiger partial charge in [0.25, 0.3) is 0 Å². The number of hydrogen-bond acceptors (Lipinski definition) is 2. The molecule has 0 aromatic heterocycles. The quantitative estimate of drug-likeness (QED) is 0.274. The zero-order valence-electron chi connectivity index (χ0n) is 45.4. The van der Waals surface area contributed by atoms with Gasteiger partial charge in [-0.2, -0.15) is 0 Å². The molecule has 7 atom stereocenters. The number of nitrogens with zero attached hydrogens (tertiary/aromatic N) is 1. The maximum Gasteiger partial charge on any atom is 0.0481 e. The van der Waals surface area contributed by atoms with Crippen LogP contribution in [0.3, 0.4) is 0 Å². The minimum atomic E-state index is 0.484. The lowest BCUT2D eigenvalue weighted by atomic mass is 9.53. The number of nitrogens with one attached hydrogen (secondary N) is 1. The molecular weight excluding hydrogens is 773 g/mol. The van der Waals surface area contributed by atoms with Crippen molar-refractivity contribution in [1.29, 1.82) is 0 Å². The molecule has 0 amide bonds. The lowest BCUT2D eigenvalue weighted by Crippen LogP contribution is -2.45. The zero-order chi connectivity index (χ0) is 45.8. The van der Waals surface area contributed by atoms with E-state index in [0.717, 1.165) is 113 Å². The first-order valence-corrected chi connectivity index (χ1v) is 29.5. The highest BCUT2D eigenvalue weighted by Crippen LogP contribution is 2.58. The summed E-state index contributed by atoms with van der Waals surface area (Å²) in [5.41, 5.74) is 1.93. The highest BCUT2D eigenvalue weighted by molar-refractivity contribution is 5.00. The second kappa shape index (κ2) is 20.3. The van der Waals surface area contributed by atoms with Crippen LogP contribution in [-0.4, -0.2) is 31.2 Å². The average Bonchev–Trinajstić information content (AvgIpc) is 3.70. The molecule has 8 aliphatic rings. The second-order valence-corrected chi connectivity index (χ2v) is 30.8. The Morgan fingerprint density at radius 3 is 0.672 bits per heavy atom. The van der Waals surface area contributed by atoms with Crippen molar-refractivity contribution >= 4 is 0 Å². The van der Waals surface area contributed by atoms with E-state index < -0.39 is 0 Å². The van der Waals surface area contributed by atoms with Crippen LogP contribution < -0.4 is 5.32 Å². The van der Waals surface area contributed by atoms with Crippen molar-refractivity contribution in [2.75, 3.05) is 20.3 Å². The van der Waals surface area contributed by atoms with Crippen molar-refractivity contribution < 1.29 is 0 Å². The van der Waals surface area contributed by atoms with E-state index >= 15 is 0 Å². The van der Waals surface area contributed by atoms with Crippen LogP contribution in [0, 0.1) is 122 Å². The van der Waals surface area contributed by atoms with Crippen molar-refractivity contribution in [3.63, 3.8) is 0 Å². The predicted molar refractivity (Wildman–Crippen MR) is 277 cm³/mol. The molecule has 1 aliphatic heterocycles. The summed E-state index contributed by atoms with van der Waals surface area (Å²) in [4.78, 5) is 2.77. The van der Waals surface area contributed by atoms with E-state index in [-0.39, 0.29) is 0 Å². The summed E-state index contributed by atoms with van der Waals surface area (Å²) in [7, 11) is 2.48. The maximum atomic E-state index is 3.89. The lowest BCUT2D eigenvalue weighted by Gasteiger charge is -2.52. The molecule has 0 radical (unpaired) electrons. The highest BCUT2D eigenvalue weighted by atomic mass is 15.3. The van der Waals surface area contributed by atoms with Gasteiger partial charge in [0.1, 0.15) is 0 Å². The van der Waals surface area contributed by atoms with Crippen LogP contribution >= 0.6 is 0 Å². The molecule has 0 aromatic carbocycles. The predicted octanol–water partition coefficient (Wildman–Crippen LogP) is 17.4. The summed E-state index contributed by atoms with van der Waals surface area (Å²) < 4.78 is 0. The van der Waals surface area contributed by atoms with Crippen LogP contribution in [0.15, 0.2) is 0 Å². The van der Waals surface area contributed by atoms with Crippen LogP contribution in [0.1, 0.15) is 244 Å². The summed E-state index contributed by atoms with van der Waals surface area (Å²) in [5.74, 6) is 16.7. The van der Waals surface area contributed by atoms with E-state index in [2.05, 4.69) is 100 Å². The van der Waals surface area contributed by atoms with Gasteiger partial charge in [0.05, 0.1) is 0 Å². The van der Waals surface area contributed by atoms with Crippen molar-refractivity contribution in [2.45, 2.75) is 250 Å². The summed E-state index contributed by atoms with van der Waals surface area (Å²) in [5, 5.41) is 3.89. The monoisotopic (exact) mass is 885 g/mol. The number of hydrogen-bond donors (Lipinski definition) is 1. The van der Waals surface area contributed by atoms with Gasteiger partial charge in [-0.3, -0.25) is 4.90 Å². The van der Waals surface area contributed by atoms with Crippen LogP contribution in [0.2, 0.25) is 0 Å². The Bertz CT molecular complexity index is 1240. The van der Waals surface area contributed by atoms with Gasteiger partial charge in [0, 0.05) is 19.3 Å². The molecule has 64 heavy (non-hydrogen) atoms. The normalized spacial score (nSPS) is 45.3. The third-order valence-corrected chi connectivity index (χ3v) is 23.3. The molecule has 370 valence electrons. The van der Waals surface area contributed by atoms with Crippen molar-refractivity contribution in [3.05, 3.63) is 0 Å². The Balaban J connectivity index is 1.04. The third kappa shape index (κ3) is 12.1. The third-order valence-electron chi connectivity index (χ3n) is 23.3. The molecule has 2 heteroatoms. The van der Waals surface area contributed by atoms with Crippen LogP contribution in [-0.2, 0) is 0 Å². The van der Waals surface area contributed by atoms with Crippen LogP contribution in [0.4, 0.5) is 0 Å². The first-order valence-electron chi connectivity index (χ1n) is 29.5. The molecule has 1 N–H and O–H groups in total. The van der Waals surface area contributed by atoms with E-state index in [1.807, 2.05) is 0 Å². The van der Waals surface area contributed by atoms with Gasteiger partial charge < -0.3 is 5.32 Å². The Labute approximate surface area is 400 Å². The Morgan fingerprint density at radius 2 is 0.484 bits per heavy atom. The van der Waals surface area contributed by atoms with Crippen LogP contribution in [0.5, 0.6) is 0 Å². The van der Waals surface area contributed by atoms with Gasteiger partial charge in [-0.05, 0) is 290 Å². The molecule has 8 rings (SSSR count). The molecule has 2 nitrogen and oxygen atoms in total. The van der Waals surface area contributed by atoms with Gasteiger partial charge >= 0.3 is 0 Å². The van der Waals surface area contributed by atoms with Gasteiger partial charge in [-0.1, -0.05) is 83.1 Å². The first kappa shape index (κ1) is 50.3. The van der Waals surface area contributed by atoms with Crippen molar-refractivity contribution in [2.24, 2.45) is 122 Å². The van der Waals surface area contributed by atoms with E-state index in [1.165, 1.54) is 109 Å². The Morgan fingerprint density at radius 1 is 0.281 bits per heavy atom. The summed E-state index contributed by atoms with van der Waals surface area (Å²) in [6.07, 6.45) is 38.7. The van der Waals surface area contributed by atoms with Crippen molar-refractivity contribution in [1.82, 2.24) is 10.2 Å². The van der Waals surface area contributed by atoms with E-state index in [1.54, 1.807) is 57.8 Å². The van der Waals surface area contributed by atoms with Crippen molar-refractivity contribution in [3.8, 4) is 0 Å². The Kier molecular flexibility index (Phi) is 16.0. The maximum absolute atomic E-state index is 3.89. The molecule has 8 fully saturated rings. The van der Waals surface area contributed by atoms with Gasteiger partial charge in [0.15, 0.2) is 0 Å². The summed E-state index contributed by atoms with van der Waals surface area (Å²) >= 11 is 0. The SMILES string of the molecule is CN1CNCC1C1CC(C2CC(C3CCC(C(C)(C)C)CC3)CC(C3CCC(C(C)(C)C)CC3)C2)CC(C2CC(C3CCC(C(C)(C)C)CC3)CC(C3CCC(C(C)(C)C)CC3)C2)C1. The molecule has 0 spiro atoms. The first-order chi connectivity index (χ1) is 30.1. The molecule has 1 heterocycles. The topological polar surface area (TPSA) is 15.3 Å². The molecule has 0 bridgehead atoms. The fraction of sp³-hybridized carbons (Fsp3) is 1.00. The largest absolute Gasteiger partial charge is 0.303 e.